The van der Waals surface area contributed by atoms with Gasteiger partial charge in [0.2, 0.25) is 5.91 Å². The second kappa shape index (κ2) is 8.43. The Bertz CT molecular complexity index is 1090. The van der Waals surface area contributed by atoms with E-state index in [1.165, 1.54) is 11.8 Å². The van der Waals surface area contributed by atoms with E-state index < -0.39 is 39.4 Å². The molecule has 1 aromatic rings. The van der Waals surface area contributed by atoms with Crippen molar-refractivity contribution in [1.29, 1.82) is 0 Å². The molecule has 2 saturated heterocycles. The molecule has 1 unspecified atom stereocenters. The maximum Gasteiger partial charge on any atom is 0.311 e. The van der Waals surface area contributed by atoms with Gasteiger partial charge < -0.3 is 19.6 Å². The number of likely N-dealkylation sites (tertiary alicyclic amines) is 1. The zero-order valence-corrected chi connectivity index (χ0v) is 20.6. The van der Waals surface area contributed by atoms with Gasteiger partial charge in [0.25, 0.3) is 5.91 Å². The van der Waals surface area contributed by atoms with Crippen molar-refractivity contribution in [3.8, 4) is 0 Å². The summed E-state index contributed by atoms with van der Waals surface area (Å²) in [4.78, 5) is 44.6. The number of carbonyl (C=O) groups is 3. The average Bonchev–Trinajstić information content (AvgIpc) is 3.07. The molecule has 0 saturated carbocycles. The Morgan fingerprint density at radius 1 is 1.15 bits per heavy atom. The van der Waals surface area contributed by atoms with Crippen molar-refractivity contribution in [2.45, 2.75) is 41.8 Å². The fourth-order valence-corrected chi connectivity index (χ4v) is 8.22. The number of halogens is 1. The fourth-order valence-electron chi connectivity index (χ4n) is 5.95. The van der Waals surface area contributed by atoms with Gasteiger partial charge in [0, 0.05) is 22.0 Å². The number of hydrogen-bond acceptors (Lipinski definition) is 6. The van der Waals surface area contributed by atoms with Crippen LogP contribution in [0.25, 0.3) is 0 Å². The van der Waals surface area contributed by atoms with Crippen LogP contribution in [0.4, 0.5) is 5.69 Å². The van der Waals surface area contributed by atoms with E-state index in [9.17, 15) is 19.5 Å². The number of anilines is 1. The number of rotatable bonds is 4. The van der Waals surface area contributed by atoms with Crippen molar-refractivity contribution in [3.63, 3.8) is 0 Å². The summed E-state index contributed by atoms with van der Waals surface area (Å²) in [6.07, 6.45) is 8.09. The molecule has 180 valence electrons. The van der Waals surface area contributed by atoms with E-state index in [4.69, 9.17) is 16.3 Å². The Morgan fingerprint density at radius 3 is 2.56 bits per heavy atom. The number of hydrogen-bond donors (Lipinski definition) is 1. The minimum atomic E-state index is -0.960. The van der Waals surface area contributed by atoms with Crippen LogP contribution in [-0.2, 0) is 19.1 Å². The number of aliphatic hydroxyl groups excluding tert-OH is 1. The van der Waals surface area contributed by atoms with E-state index in [-0.39, 0.29) is 25.0 Å². The monoisotopic (exact) mass is 502 g/mol. The van der Waals surface area contributed by atoms with E-state index in [2.05, 4.69) is 0 Å². The number of benzene rings is 1. The molecule has 2 amide bonds. The van der Waals surface area contributed by atoms with Gasteiger partial charge in [-0.05, 0) is 43.7 Å². The van der Waals surface area contributed by atoms with E-state index in [0.717, 1.165) is 0 Å². The number of thioether (sulfide) groups is 1. The van der Waals surface area contributed by atoms with Crippen LogP contribution in [0.3, 0.4) is 0 Å². The molecule has 0 bridgehead atoms. The zero-order valence-electron chi connectivity index (χ0n) is 19.0. The van der Waals surface area contributed by atoms with Gasteiger partial charge in [-0.15, -0.1) is 11.8 Å². The van der Waals surface area contributed by atoms with Crippen LogP contribution in [0.15, 0.2) is 48.6 Å². The number of cyclic esters (lactones) is 1. The summed E-state index contributed by atoms with van der Waals surface area (Å²) in [5.41, 5.74) is 0.673. The third kappa shape index (κ3) is 3.26. The van der Waals surface area contributed by atoms with Crippen LogP contribution in [0.2, 0.25) is 5.02 Å². The first kappa shape index (κ1) is 23.5. The Kier molecular flexibility index (Phi) is 5.81. The van der Waals surface area contributed by atoms with Gasteiger partial charge in [-0.1, -0.05) is 36.8 Å². The van der Waals surface area contributed by atoms with E-state index in [1.54, 1.807) is 34.1 Å². The highest BCUT2D eigenvalue weighted by Crippen LogP contribution is 2.65. The fraction of sp³-hybridized carbons (Fsp3) is 0.480. The van der Waals surface area contributed by atoms with Crippen molar-refractivity contribution in [3.05, 3.63) is 53.6 Å². The van der Waals surface area contributed by atoms with Crippen LogP contribution < -0.4 is 4.90 Å². The van der Waals surface area contributed by atoms with Gasteiger partial charge in [0.15, 0.2) is 0 Å². The molecule has 34 heavy (non-hydrogen) atoms. The van der Waals surface area contributed by atoms with Gasteiger partial charge in [-0.3, -0.25) is 14.4 Å². The predicted octanol–water partition coefficient (Wildman–Crippen LogP) is 2.81. The van der Waals surface area contributed by atoms with Gasteiger partial charge in [-0.25, -0.2) is 0 Å². The molecule has 0 aliphatic carbocycles. The number of nitrogens with zero attached hydrogens (tertiary/aromatic N) is 2. The van der Waals surface area contributed by atoms with Crippen LogP contribution in [0, 0.1) is 11.8 Å². The average molecular weight is 503 g/mol. The SMILES string of the molecule is CC[C@@H](CO)N1C(=O)[C@@H]2[C@@H]3C(=O)OCC=C[C@]3(C)S[C@@]23C=CCN(c2ccc(Cl)cc2)C(=O)C13. The molecule has 4 aliphatic rings. The Balaban J connectivity index is 1.68. The lowest BCUT2D eigenvalue weighted by Gasteiger charge is -2.39. The quantitative estimate of drug-likeness (QED) is 0.503. The van der Waals surface area contributed by atoms with Gasteiger partial charge in [0.1, 0.15) is 12.6 Å². The molecular formula is C25H27ClN2O5S. The summed E-state index contributed by atoms with van der Waals surface area (Å²) in [7, 11) is 0. The Morgan fingerprint density at radius 2 is 1.88 bits per heavy atom. The molecule has 7 nitrogen and oxygen atoms in total. The maximum atomic E-state index is 14.2. The molecule has 4 heterocycles. The Hall–Kier alpha value is -2.29. The minimum absolute atomic E-state index is 0.167. The molecule has 1 aromatic carbocycles. The topological polar surface area (TPSA) is 87.2 Å². The summed E-state index contributed by atoms with van der Waals surface area (Å²) < 4.78 is 3.78. The van der Waals surface area contributed by atoms with Crippen molar-refractivity contribution in [2.24, 2.45) is 11.8 Å². The Labute approximate surface area is 207 Å². The molecule has 5 rings (SSSR count). The number of amides is 2. The zero-order chi connectivity index (χ0) is 24.3. The summed E-state index contributed by atoms with van der Waals surface area (Å²) in [6, 6.07) is 5.60. The smallest absolute Gasteiger partial charge is 0.311 e. The van der Waals surface area contributed by atoms with Crippen molar-refractivity contribution >= 4 is 46.8 Å². The van der Waals surface area contributed by atoms with Crippen LogP contribution in [0.5, 0.6) is 0 Å². The lowest BCUT2D eigenvalue weighted by atomic mass is 9.75. The molecule has 0 aromatic heterocycles. The normalized spacial score (nSPS) is 35.4. The van der Waals surface area contributed by atoms with Crippen molar-refractivity contribution < 1.29 is 24.2 Å². The number of esters is 1. The lowest BCUT2D eigenvalue weighted by Crippen LogP contribution is -2.56. The molecule has 1 N–H and O–H groups in total. The van der Waals surface area contributed by atoms with Crippen LogP contribution in [-0.4, -0.2) is 69.1 Å². The molecule has 4 aliphatic heterocycles. The first-order chi connectivity index (χ1) is 16.3. The first-order valence-electron chi connectivity index (χ1n) is 11.5. The number of ether oxygens (including phenoxy) is 1. The van der Waals surface area contributed by atoms with Gasteiger partial charge >= 0.3 is 5.97 Å². The minimum Gasteiger partial charge on any atom is -0.461 e. The number of carbonyl (C=O) groups excluding carboxylic acids is 3. The van der Waals surface area contributed by atoms with Crippen molar-refractivity contribution in [2.75, 3.05) is 24.7 Å². The van der Waals surface area contributed by atoms with Crippen LogP contribution >= 0.6 is 23.4 Å². The second-order valence-corrected chi connectivity index (χ2v) is 11.6. The molecule has 0 radical (unpaired) electrons. The maximum absolute atomic E-state index is 14.2. The molecule has 2 fully saturated rings. The highest BCUT2D eigenvalue weighted by molar-refractivity contribution is 8.02. The summed E-state index contributed by atoms with van der Waals surface area (Å²) in [5.74, 6) is -2.44. The molecule has 6 atom stereocenters. The van der Waals surface area contributed by atoms with Gasteiger partial charge in [0.05, 0.1) is 29.2 Å². The highest BCUT2D eigenvalue weighted by atomic mass is 35.5. The lowest BCUT2D eigenvalue weighted by molar-refractivity contribution is -0.153. The third-order valence-electron chi connectivity index (χ3n) is 7.46. The molecule has 9 heteroatoms. The van der Waals surface area contributed by atoms with E-state index in [0.29, 0.717) is 23.7 Å². The van der Waals surface area contributed by atoms with E-state index >= 15 is 0 Å². The molecule has 1 spiro atoms. The van der Waals surface area contributed by atoms with Crippen LogP contribution in [0.1, 0.15) is 20.3 Å². The third-order valence-corrected chi connectivity index (χ3v) is 9.51. The summed E-state index contributed by atoms with van der Waals surface area (Å²) in [6.45, 7) is 4.04. The summed E-state index contributed by atoms with van der Waals surface area (Å²) in [5, 5.41) is 10.7. The number of aliphatic hydroxyl groups is 1. The number of fused-ring (bicyclic) bond motifs is 2. The molecular weight excluding hydrogens is 476 g/mol. The second-order valence-electron chi connectivity index (χ2n) is 9.35. The van der Waals surface area contributed by atoms with E-state index in [1.807, 2.05) is 38.2 Å². The standard InChI is InChI=1S/C25H27ClN2O5S/c1-3-16(14-29)28-20-22(31)27(17-8-6-15(26)7-9-17)12-4-11-25(20)18(21(28)30)19-23(32)33-13-5-10-24(19,2)34-25/h4-11,16,18-20,29H,3,12-14H2,1-2H3/t16-,18-,19+,20?,24-,25-/m0/s1. The summed E-state index contributed by atoms with van der Waals surface area (Å²) >= 11 is 7.55. The van der Waals surface area contributed by atoms with Crippen molar-refractivity contribution in [1.82, 2.24) is 4.90 Å². The largest absolute Gasteiger partial charge is 0.461 e. The van der Waals surface area contributed by atoms with Gasteiger partial charge in [-0.2, -0.15) is 0 Å². The highest BCUT2D eigenvalue weighted by Gasteiger charge is 2.74. The predicted molar refractivity (Wildman–Crippen MR) is 131 cm³/mol. The first-order valence-corrected chi connectivity index (χ1v) is 12.7.